The molecule has 0 amide bonds. The second-order valence-electron chi connectivity index (χ2n) is 9.15. The van der Waals surface area contributed by atoms with Gasteiger partial charge in [0.25, 0.3) is 0 Å². The van der Waals surface area contributed by atoms with Crippen molar-refractivity contribution in [3.05, 3.63) is 95.6 Å². The maximum absolute atomic E-state index is 4.41. The van der Waals surface area contributed by atoms with Crippen molar-refractivity contribution in [3.8, 4) is 0 Å². The molecule has 1 aromatic heterocycles. The molecule has 4 aromatic rings. The Balaban J connectivity index is 1.17. The highest BCUT2D eigenvalue weighted by molar-refractivity contribution is 7.16. The van der Waals surface area contributed by atoms with Crippen molar-refractivity contribution < 1.29 is 0 Å². The molecule has 0 unspecified atom stereocenters. The molecule has 9 heteroatoms. The van der Waals surface area contributed by atoms with Crippen molar-refractivity contribution >= 4 is 44.8 Å². The van der Waals surface area contributed by atoms with Gasteiger partial charge in [0.05, 0.1) is 34.5 Å². The number of nitrogens with zero attached hydrogens (tertiary/aromatic N) is 8. The van der Waals surface area contributed by atoms with Gasteiger partial charge in [-0.15, -0.1) is 5.10 Å². The Labute approximate surface area is 227 Å². The number of aryl methyl sites for hydroxylation is 1. The molecule has 0 fully saturated rings. The maximum Gasteiger partial charge on any atom is 0.211 e. The molecular formula is C29H32N8S. The average molecular weight is 525 g/mol. The predicted molar refractivity (Wildman–Crippen MR) is 157 cm³/mol. The van der Waals surface area contributed by atoms with E-state index in [1.54, 1.807) is 17.6 Å². The lowest BCUT2D eigenvalue weighted by Gasteiger charge is -2.26. The second-order valence-corrected chi connectivity index (χ2v) is 10.2. The largest absolute Gasteiger partial charge is 0.370 e. The Morgan fingerprint density at radius 3 is 2.26 bits per heavy atom. The number of benzene rings is 3. The number of fused-ring (bicyclic) bond motifs is 1. The van der Waals surface area contributed by atoms with Crippen molar-refractivity contribution in [1.29, 1.82) is 0 Å². The highest BCUT2D eigenvalue weighted by atomic mass is 32.1. The molecule has 0 bridgehead atoms. The number of azo groups is 1. The van der Waals surface area contributed by atoms with Crippen LogP contribution < -0.4 is 9.70 Å². The molecular weight excluding hydrogens is 492 g/mol. The number of aromatic nitrogens is 1. The number of hydrogen-bond acceptors (Lipinski definition) is 8. The van der Waals surface area contributed by atoms with Gasteiger partial charge in [-0.05, 0) is 61.0 Å². The van der Waals surface area contributed by atoms with E-state index in [9.17, 15) is 0 Å². The molecule has 0 aliphatic carbocycles. The normalized spacial score (nSPS) is 14.1. The van der Waals surface area contributed by atoms with Crippen LogP contribution in [0.1, 0.15) is 12.5 Å². The summed E-state index contributed by atoms with van der Waals surface area (Å²) < 4.78 is 3.25. The minimum Gasteiger partial charge on any atom is -0.370 e. The summed E-state index contributed by atoms with van der Waals surface area (Å²) in [6, 6.07) is 24.3. The van der Waals surface area contributed by atoms with E-state index in [-0.39, 0.29) is 0 Å². The summed E-state index contributed by atoms with van der Waals surface area (Å²) in [6.07, 6.45) is 6.02. The van der Waals surface area contributed by atoms with Crippen molar-refractivity contribution in [3.63, 3.8) is 0 Å². The van der Waals surface area contributed by atoms with Crippen molar-refractivity contribution in [2.45, 2.75) is 6.92 Å². The summed E-state index contributed by atoms with van der Waals surface area (Å²) in [7, 11) is 4.10. The zero-order valence-corrected chi connectivity index (χ0v) is 22.8. The molecule has 0 saturated carbocycles. The molecule has 5 rings (SSSR count). The topological polar surface area (TPSA) is 64.1 Å². The van der Waals surface area contributed by atoms with E-state index in [1.807, 2.05) is 55.6 Å². The highest BCUT2D eigenvalue weighted by Gasteiger charge is 2.11. The Kier molecular flexibility index (Phi) is 7.94. The summed E-state index contributed by atoms with van der Waals surface area (Å²) in [5.74, 6) is 0. The summed E-state index contributed by atoms with van der Waals surface area (Å²) in [5, 5.41) is 17.5. The SMILES string of the molecule is CCN(CCN1C=CN(C)C1)c1ccc(/N=N/c2ccc(/C=N/N=c3\sc4ccccc4n3C)cc2)cc1. The van der Waals surface area contributed by atoms with Gasteiger partial charge in [0.15, 0.2) is 0 Å². The molecule has 38 heavy (non-hydrogen) atoms. The van der Waals surface area contributed by atoms with Crippen molar-refractivity contribution in [2.24, 2.45) is 27.5 Å². The molecule has 0 atom stereocenters. The van der Waals surface area contributed by atoms with Crippen molar-refractivity contribution in [2.75, 3.05) is 38.3 Å². The highest BCUT2D eigenvalue weighted by Crippen LogP contribution is 2.23. The van der Waals surface area contributed by atoms with Gasteiger partial charge in [0, 0.05) is 51.8 Å². The number of para-hydroxylation sites is 1. The Morgan fingerprint density at radius 1 is 0.895 bits per heavy atom. The molecule has 194 valence electrons. The molecule has 2 heterocycles. The van der Waals surface area contributed by atoms with Gasteiger partial charge >= 0.3 is 0 Å². The first-order chi connectivity index (χ1) is 18.6. The van der Waals surface area contributed by atoms with Crippen LogP contribution in [0.25, 0.3) is 10.2 Å². The summed E-state index contributed by atoms with van der Waals surface area (Å²) in [4.78, 5) is 7.74. The molecule has 3 aromatic carbocycles. The Bertz CT molecular complexity index is 1510. The zero-order valence-electron chi connectivity index (χ0n) is 22.0. The quantitative estimate of drug-likeness (QED) is 0.151. The second kappa shape index (κ2) is 11.9. The van der Waals surface area contributed by atoms with Crippen LogP contribution in [-0.2, 0) is 7.05 Å². The number of hydrogen-bond donors (Lipinski definition) is 0. The van der Waals surface area contributed by atoms with Crippen LogP contribution >= 0.6 is 11.3 Å². The summed E-state index contributed by atoms with van der Waals surface area (Å²) >= 11 is 1.62. The summed E-state index contributed by atoms with van der Waals surface area (Å²) in [6.45, 7) is 6.06. The van der Waals surface area contributed by atoms with Crippen LogP contribution in [0.2, 0.25) is 0 Å². The van der Waals surface area contributed by atoms with E-state index in [4.69, 9.17) is 0 Å². The van der Waals surface area contributed by atoms with E-state index in [2.05, 4.69) is 90.3 Å². The van der Waals surface area contributed by atoms with E-state index in [0.717, 1.165) is 53.6 Å². The fourth-order valence-corrected chi connectivity index (χ4v) is 5.22. The maximum atomic E-state index is 4.41. The minimum absolute atomic E-state index is 0.790. The minimum atomic E-state index is 0.790. The molecule has 0 radical (unpaired) electrons. The third kappa shape index (κ3) is 6.18. The van der Waals surface area contributed by atoms with Gasteiger partial charge in [0.2, 0.25) is 4.80 Å². The number of likely N-dealkylation sites (N-methyl/N-ethyl adjacent to an activating group) is 1. The van der Waals surface area contributed by atoms with Crippen molar-refractivity contribution in [1.82, 2.24) is 14.4 Å². The predicted octanol–water partition coefficient (Wildman–Crippen LogP) is 6.09. The van der Waals surface area contributed by atoms with E-state index >= 15 is 0 Å². The average Bonchev–Trinajstić information content (AvgIpc) is 3.51. The first-order valence-electron chi connectivity index (χ1n) is 12.7. The Hall–Kier alpha value is -4.24. The van der Waals surface area contributed by atoms with Crippen LogP contribution in [0.15, 0.2) is 106 Å². The number of anilines is 1. The van der Waals surface area contributed by atoms with Crippen LogP contribution in [0, 0.1) is 0 Å². The molecule has 1 aliphatic heterocycles. The number of thiazole rings is 1. The monoisotopic (exact) mass is 524 g/mol. The van der Waals surface area contributed by atoms with Gasteiger partial charge in [-0.25, -0.2) is 0 Å². The fraction of sp³-hybridized carbons (Fsp3) is 0.241. The molecule has 0 N–H and O–H groups in total. The van der Waals surface area contributed by atoms with Gasteiger partial charge in [-0.3, -0.25) is 0 Å². The van der Waals surface area contributed by atoms with Gasteiger partial charge in [0.1, 0.15) is 0 Å². The first kappa shape index (κ1) is 25.4. The van der Waals surface area contributed by atoms with Crippen LogP contribution in [0.3, 0.4) is 0 Å². The van der Waals surface area contributed by atoms with E-state index < -0.39 is 0 Å². The third-order valence-corrected chi connectivity index (χ3v) is 7.53. The van der Waals surface area contributed by atoms with E-state index in [1.165, 1.54) is 10.4 Å². The van der Waals surface area contributed by atoms with Crippen LogP contribution in [-0.4, -0.2) is 53.9 Å². The standard InChI is InChI=1S/C29H32N8S/c1-4-37(20-19-36-18-17-34(2)22-36)26-15-13-25(14-16-26)32-31-24-11-9-23(10-12-24)21-30-33-29-35(3)27-7-5-6-8-28(27)38-29/h5-18,21H,4,19-20,22H2,1-3H3/b30-21+,32-31+,33-29-. The van der Waals surface area contributed by atoms with Gasteiger partial charge in [-0.2, -0.15) is 15.3 Å². The molecule has 0 spiro atoms. The van der Waals surface area contributed by atoms with Crippen LogP contribution in [0.4, 0.5) is 17.1 Å². The fourth-order valence-electron chi connectivity index (χ4n) is 4.25. The lowest BCUT2D eigenvalue weighted by Crippen LogP contribution is -2.33. The Morgan fingerprint density at radius 2 is 1.61 bits per heavy atom. The molecule has 8 nitrogen and oxygen atoms in total. The lowest BCUT2D eigenvalue weighted by molar-refractivity contribution is 0.301. The smallest absolute Gasteiger partial charge is 0.211 e. The third-order valence-electron chi connectivity index (χ3n) is 6.43. The molecule has 0 saturated heterocycles. The van der Waals surface area contributed by atoms with Crippen LogP contribution in [0.5, 0.6) is 0 Å². The number of rotatable bonds is 9. The van der Waals surface area contributed by atoms with Gasteiger partial charge < -0.3 is 19.3 Å². The lowest BCUT2D eigenvalue weighted by atomic mass is 10.2. The summed E-state index contributed by atoms with van der Waals surface area (Å²) in [5.41, 5.74) is 4.92. The first-order valence-corrected chi connectivity index (χ1v) is 13.5. The molecule has 1 aliphatic rings. The zero-order chi connectivity index (χ0) is 26.3. The van der Waals surface area contributed by atoms with Gasteiger partial charge in [-0.1, -0.05) is 35.6 Å². The van der Waals surface area contributed by atoms with E-state index in [0.29, 0.717) is 0 Å².